The molecule has 14 heavy (non-hydrogen) atoms. The number of aromatic amines is 1. The topological polar surface area (TPSA) is 67.6 Å². The van der Waals surface area contributed by atoms with Gasteiger partial charge in [0.2, 0.25) is 5.95 Å². The van der Waals surface area contributed by atoms with Gasteiger partial charge in [0.05, 0.1) is 0 Å². The second-order valence-electron chi connectivity index (χ2n) is 3.40. The average molecular weight is 188 g/mol. The Bertz CT molecular complexity index is 510. The highest BCUT2D eigenvalue weighted by molar-refractivity contribution is 5.91. The van der Waals surface area contributed by atoms with Gasteiger partial charge in [-0.15, -0.1) is 0 Å². The number of hydrogen-bond donors (Lipinski definition) is 2. The third-order valence-electron chi connectivity index (χ3n) is 2.18. The number of H-pyrrole nitrogens is 1. The molecule has 0 amide bonds. The van der Waals surface area contributed by atoms with Crippen LogP contribution in [0, 0.1) is 6.92 Å². The molecule has 2 rings (SSSR count). The van der Waals surface area contributed by atoms with Crippen molar-refractivity contribution in [2.75, 3.05) is 5.73 Å². The van der Waals surface area contributed by atoms with E-state index in [-0.39, 0.29) is 5.95 Å². The van der Waals surface area contributed by atoms with Crippen LogP contribution in [-0.4, -0.2) is 15.0 Å². The molecule has 0 spiro atoms. The maximum absolute atomic E-state index is 5.49. The third kappa shape index (κ3) is 1.16. The molecule has 0 atom stereocenters. The maximum atomic E-state index is 5.49. The Morgan fingerprint density at radius 3 is 2.93 bits per heavy atom. The number of nitrogens with zero attached hydrogens (tertiary/aromatic N) is 2. The molecule has 0 aliphatic heterocycles. The SMILES string of the molecule is C=C(C)c1c(C)[nH]c2nc(N)ncc12. The van der Waals surface area contributed by atoms with Gasteiger partial charge in [0.25, 0.3) is 0 Å². The van der Waals surface area contributed by atoms with E-state index in [1.165, 1.54) is 0 Å². The van der Waals surface area contributed by atoms with E-state index in [1.54, 1.807) is 6.20 Å². The Kier molecular flexibility index (Phi) is 1.77. The standard InChI is InChI=1S/C10H12N4/c1-5(2)8-6(3)13-9-7(8)4-12-10(11)14-9/h4H,1H2,2-3H3,(H3,11,12,13,14). The van der Waals surface area contributed by atoms with Crippen LogP contribution in [-0.2, 0) is 0 Å². The van der Waals surface area contributed by atoms with Crippen LogP contribution < -0.4 is 5.73 Å². The van der Waals surface area contributed by atoms with Crippen LogP contribution in [0.2, 0.25) is 0 Å². The third-order valence-corrected chi connectivity index (χ3v) is 2.18. The lowest BCUT2D eigenvalue weighted by atomic mass is 10.1. The number of allylic oxidation sites excluding steroid dienone is 1. The predicted molar refractivity (Wildman–Crippen MR) is 57.7 cm³/mol. The molecule has 2 heterocycles. The summed E-state index contributed by atoms with van der Waals surface area (Å²) in [6, 6.07) is 0. The lowest BCUT2D eigenvalue weighted by Crippen LogP contribution is -1.93. The van der Waals surface area contributed by atoms with Gasteiger partial charge in [0.15, 0.2) is 0 Å². The van der Waals surface area contributed by atoms with Crippen LogP contribution in [0.1, 0.15) is 18.2 Å². The summed E-state index contributed by atoms with van der Waals surface area (Å²) in [5.74, 6) is 0.284. The molecule has 0 aliphatic carbocycles. The van der Waals surface area contributed by atoms with E-state index < -0.39 is 0 Å². The van der Waals surface area contributed by atoms with E-state index >= 15 is 0 Å². The number of nitrogens with one attached hydrogen (secondary N) is 1. The molecule has 0 unspecified atom stereocenters. The van der Waals surface area contributed by atoms with E-state index in [0.717, 1.165) is 27.9 Å². The summed E-state index contributed by atoms with van der Waals surface area (Å²) in [4.78, 5) is 11.2. The molecule has 2 aromatic rings. The highest BCUT2D eigenvalue weighted by Crippen LogP contribution is 2.25. The zero-order valence-electron chi connectivity index (χ0n) is 8.26. The van der Waals surface area contributed by atoms with Crippen molar-refractivity contribution < 1.29 is 0 Å². The van der Waals surface area contributed by atoms with Gasteiger partial charge in [-0.25, -0.2) is 4.98 Å². The lowest BCUT2D eigenvalue weighted by Gasteiger charge is -1.97. The molecule has 3 N–H and O–H groups in total. The zero-order chi connectivity index (χ0) is 10.3. The van der Waals surface area contributed by atoms with Crippen molar-refractivity contribution in [3.05, 3.63) is 24.0 Å². The minimum absolute atomic E-state index is 0.284. The fraction of sp³-hybridized carbons (Fsp3) is 0.200. The van der Waals surface area contributed by atoms with Crippen LogP contribution in [0.5, 0.6) is 0 Å². The van der Waals surface area contributed by atoms with Gasteiger partial charge >= 0.3 is 0 Å². The van der Waals surface area contributed by atoms with Crippen molar-refractivity contribution >= 4 is 22.6 Å². The number of hydrogen-bond acceptors (Lipinski definition) is 3. The first-order chi connectivity index (χ1) is 6.59. The molecule has 0 saturated carbocycles. The van der Waals surface area contributed by atoms with Crippen LogP contribution >= 0.6 is 0 Å². The minimum atomic E-state index is 0.284. The number of anilines is 1. The number of rotatable bonds is 1. The Morgan fingerprint density at radius 1 is 1.57 bits per heavy atom. The summed E-state index contributed by atoms with van der Waals surface area (Å²) in [6.45, 7) is 7.88. The van der Waals surface area contributed by atoms with Crippen molar-refractivity contribution in [2.24, 2.45) is 0 Å². The van der Waals surface area contributed by atoms with Crippen LogP contribution in [0.4, 0.5) is 5.95 Å². The van der Waals surface area contributed by atoms with Gasteiger partial charge < -0.3 is 10.7 Å². The minimum Gasteiger partial charge on any atom is -0.368 e. The number of fused-ring (bicyclic) bond motifs is 1. The van der Waals surface area contributed by atoms with Gasteiger partial charge in [0, 0.05) is 22.8 Å². The first-order valence-corrected chi connectivity index (χ1v) is 4.36. The molecule has 0 radical (unpaired) electrons. The molecule has 0 aliphatic rings. The molecule has 0 aromatic carbocycles. The fourth-order valence-electron chi connectivity index (χ4n) is 1.67. The van der Waals surface area contributed by atoms with Gasteiger partial charge in [-0.2, -0.15) is 4.98 Å². The first kappa shape index (κ1) is 8.74. The van der Waals surface area contributed by atoms with Gasteiger partial charge in [-0.05, 0) is 19.4 Å². The second kappa shape index (κ2) is 2.83. The van der Waals surface area contributed by atoms with E-state index in [1.807, 2.05) is 13.8 Å². The Balaban J connectivity index is 2.84. The quantitative estimate of drug-likeness (QED) is 0.718. The van der Waals surface area contributed by atoms with Crippen LogP contribution in [0.3, 0.4) is 0 Å². The summed E-state index contributed by atoms with van der Waals surface area (Å²) in [5.41, 5.74) is 9.40. The number of aryl methyl sites for hydroxylation is 1. The molecular formula is C10H12N4. The first-order valence-electron chi connectivity index (χ1n) is 4.36. The van der Waals surface area contributed by atoms with E-state index in [2.05, 4.69) is 21.5 Å². The highest BCUT2D eigenvalue weighted by atomic mass is 15.0. The van der Waals surface area contributed by atoms with Gasteiger partial charge in [0.1, 0.15) is 5.65 Å². The van der Waals surface area contributed by atoms with Crippen LogP contribution in [0.15, 0.2) is 12.8 Å². The van der Waals surface area contributed by atoms with Crippen molar-refractivity contribution in [3.8, 4) is 0 Å². The fourth-order valence-corrected chi connectivity index (χ4v) is 1.67. The van der Waals surface area contributed by atoms with Crippen molar-refractivity contribution in [3.63, 3.8) is 0 Å². The highest BCUT2D eigenvalue weighted by Gasteiger charge is 2.10. The number of nitrogens with two attached hydrogens (primary N) is 1. The summed E-state index contributed by atoms with van der Waals surface area (Å²) >= 11 is 0. The van der Waals surface area contributed by atoms with Gasteiger partial charge in [-0.1, -0.05) is 6.58 Å². The second-order valence-corrected chi connectivity index (χ2v) is 3.40. The Hall–Kier alpha value is -1.84. The molecule has 0 bridgehead atoms. The Labute approximate surface area is 81.9 Å². The summed E-state index contributed by atoms with van der Waals surface area (Å²) in [5, 5.41) is 0.976. The Morgan fingerprint density at radius 2 is 2.29 bits per heavy atom. The number of aromatic nitrogens is 3. The van der Waals surface area contributed by atoms with Crippen molar-refractivity contribution in [2.45, 2.75) is 13.8 Å². The molecule has 0 fully saturated rings. The summed E-state index contributed by atoms with van der Waals surface area (Å²) in [6.07, 6.45) is 1.73. The molecule has 0 saturated heterocycles. The average Bonchev–Trinajstić information content (AvgIpc) is 2.39. The molecule has 2 aromatic heterocycles. The normalized spacial score (nSPS) is 10.7. The van der Waals surface area contributed by atoms with E-state index in [0.29, 0.717) is 0 Å². The van der Waals surface area contributed by atoms with Crippen molar-refractivity contribution in [1.29, 1.82) is 0 Å². The largest absolute Gasteiger partial charge is 0.368 e. The van der Waals surface area contributed by atoms with Crippen molar-refractivity contribution in [1.82, 2.24) is 15.0 Å². The smallest absolute Gasteiger partial charge is 0.221 e. The van der Waals surface area contributed by atoms with Crippen LogP contribution in [0.25, 0.3) is 16.6 Å². The lowest BCUT2D eigenvalue weighted by molar-refractivity contribution is 1.20. The monoisotopic (exact) mass is 188 g/mol. The summed E-state index contributed by atoms with van der Waals surface area (Å²) in [7, 11) is 0. The number of nitrogen functional groups attached to an aromatic ring is 1. The van der Waals surface area contributed by atoms with Gasteiger partial charge in [-0.3, -0.25) is 0 Å². The van der Waals surface area contributed by atoms with E-state index in [9.17, 15) is 0 Å². The predicted octanol–water partition coefficient (Wildman–Crippen LogP) is 1.88. The zero-order valence-corrected chi connectivity index (χ0v) is 8.26. The molecule has 4 heteroatoms. The molecule has 4 nitrogen and oxygen atoms in total. The molecule has 72 valence electrons. The maximum Gasteiger partial charge on any atom is 0.221 e. The summed E-state index contributed by atoms with van der Waals surface area (Å²) < 4.78 is 0. The van der Waals surface area contributed by atoms with E-state index in [4.69, 9.17) is 5.73 Å². The molecular weight excluding hydrogens is 176 g/mol.